The van der Waals surface area contributed by atoms with E-state index in [1.165, 1.54) is 0 Å². The van der Waals surface area contributed by atoms with Crippen molar-refractivity contribution in [3.05, 3.63) is 63.6 Å². The second-order valence-electron chi connectivity index (χ2n) is 4.48. The fraction of sp³-hybridized carbons (Fsp3) is 0. The first-order chi connectivity index (χ1) is 10.1. The van der Waals surface area contributed by atoms with Gasteiger partial charge in [-0.3, -0.25) is 4.79 Å². The van der Waals surface area contributed by atoms with Gasteiger partial charge in [-0.15, -0.1) is 0 Å². The number of aromatic nitrogens is 1. The molecular formula is C16H8BrCl2NO. The molecule has 0 spiro atoms. The highest BCUT2D eigenvalue weighted by Crippen LogP contribution is 2.30. The Kier molecular flexibility index (Phi) is 3.98. The predicted octanol–water partition coefficient (Wildman–Crippen LogP) is 5.70. The van der Waals surface area contributed by atoms with Crippen molar-refractivity contribution in [2.24, 2.45) is 0 Å². The Labute approximate surface area is 139 Å². The van der Waals surface area contributed by atoms with E-state index < -0.39 is 5.24 Å². The van der Waals surface area contributed by atoms with E-state index in [9.17, 15) is 4.79 Å². The summed E-state index contributed by atoms with van der Waals surface area (Å²) in [5, 5.41) is 0.616. The molecule has 0 aliphatic rings. The van der Waals surface area contributed by atoms with Crippen LogP contribution >= 0.6 is 39.1 Å². The molecule has 0 fully saturated rings. The molecule has 0 N–H and O–H groups in total. The summed E-state index contributed by atoms with van der Waals surface area (Å²) in [6.45, 7) is 0. The maximum Gasteiger partial charge on any atom is 0.253 e. The summed E-state index contributed by atoms with van der Waals surface area (Å²) in [6.07, 6.45) is 0. The molecule has 0 atom stereocenters. The first-order valence-electron chi connectivity index (χ1n) is 6.11. The quantitative estimate of drug-likeness (QED) is 0.534. The van der Waals surface area contributed by atoms with Crippen LogP contribution in [0.15, 0.2) is 53.0 Å². The van der Waals surface area contributed by atoms with E-state index in [0.717, 1.165) is 10.0 Å². The van der Waals surface area contributed by atoms with E-state index in [2.05, 4.69) is 20.9 Å². The molecule has 0 amide bonds. The summed E-state index contributed by atoms with van der Waals surface area (Å²) in [7, 11) is 0. The molecule has 2 nitrogen and oxygen atoms in total. The zero-order valence-electron chi connectivity index (χ0n) is 10.6. The molecule has 5 heteroatoms. The number of halogens is 3. The van der Waals surface area contributed by atoms with E-state index in [0.29, 0.717) is 27.2 Å². The normalized spacial score (nSPS) is 10.8. The maximum absolute atomic E-state index is 11.7. The summed E-state index contributed by atoms with van der Waals surface area (Å²) in [5.41, 5.74) is 2.51. The Morgan fingerprint density at radius 3 is 2.57 bits per heavy atom. The number of rotatable bonds is 2. The molecule has 0 aliphatic heterocycles. The van der Waals surface area contributed by atoms with Crippen molar-refractivity contribution in [3.8, 4) is 11.3 Å². The highest BCUT2D eigenvalue weighted by atomic mass is 79.9. The molecule has 0 saturated carbocycles. The van der Waals surface area contributed by atoms with Gasteiger partial charge in [0.15, 0.2) is 0 Å². The standard InChI is InChI=1S/C16H8BrCl2NO/c17-10-4-1-3-9(7-10)14-8-12(16(19)21)11-5-2-6-13(18)15(11)20-14/h1-8H. The lowest BCUT2D eigenvalue weighted by atomic mass is 10.0. The van der Waals surface area contributed by atoms with Crippen LogP contribution in [0.25, 0.3) is 22.2 Å². The van der Waals surface area contributed by atoms with Crippen LogP contribution in [-0.4, -0.2) is 10.2 Å². The van der Waals surface area contributed by atoms with Crippen molar-refractivity contribution in [1.82, 2.24) is 4.98 Å². The van der Waals surface area contributed by atoms with Crippen LogP contribution in [0.1, 0.15) is 10.4 Å². The van der Waals surface area contributed by atoms with Gasteiger partial charge < -0.3 is 0 Å². The number of benzene rings is 2. The van der Waals surface area contributed by atoms with Gasteiger partial charge in [0.05, 0.1) is 16.2 Å². The molecule has 0 radical (unpaired) electrons. The lowest BCUT2D eigenvalue weighted by Gasteiger charge is -2.08. The molecule has 0 bridgehead atoms. The fourth-order valence-corrected chi connectivity index (χ4v) is 2.94. The van der Waals surface area contributed by atoms with Crippen molar-refractivity contribution in [1.29, 1.82) is 0 Å². The lowest BCUT2D eigenvalue weighted by Crippen LogP contribution is -1.96. The van der Waals surface area contributed by atoms with Gasteiger partial charge in [0.1, 0.15) is 0 Å². The molecule has 0 aliphatic carbocycles. The monoisotopic (exact) mass is 379 g/mol. The van der Waals surface area contributed by atoms with Crippen LogP contribution in [0.3, 0.4) is 0 Å². The first-order valence-corrected chi connectivity index (χ1v) is 7.66. The number of fused-ring (bicyclic) bond motifs is 1. The molecular weight excluding hydrogens is 373 g/mol. The summed E-state index contributed by atoms with van der Waals surface area (Å²) in [5.74, 6) is 0. The van der Waals surface area contributed by atoms with Gasteiger partial charge in [-0.2, -0.15) is 0 Å². The Balaban J connectivity index is 2.35. The van der Waals surface area contributed by atoms with E-state index in [1.807, 2.05) is 24.3 Å². The van der Waals surface area contributed by atoms with Crippen LogP contribution in [-0.2, 0) is 0 Å². The number of carbonyl (C=O) groups is 1. The lowest BCUT2D eigenvalue weighted by molar-refractivity contribution is 0.108. The molecule has 0 saturated heterocycles. The van der Waals surface area contributed by atoms with Crippen LogP contribution in [0, 0.1) is 0 Å². The summed E-state index contributed by atoms with van der Waals surface area (Å²) in [6, 6.07) is 14.7. The van der Waals surface area contributed by atoms with Crippen molar-refractivity contribution in [3.63, 3.8) is 0 Å². The second-order valence-corrected chi connectivity index (χ2v) is 6.14. The Morgan fingerprint density at radius 1 is 1.10 bits per heavy atom. The van der Waals surface area contributed by atoms with Crippen molar-refractivity contribution in [2.45, 2.75) is 0 Å². The van der Waals surface area contributed by atoms with Crippen LogP contribution < -0.4 is 0 Å². The molecule has 1 heterocycles. The number of pyridine rings is 1. The molecule has 3 rings (SSSR count). The minimum Gasteiger partial charge on any atom is -0.276 e. The molecule has 21 heavy (non-hydrogen) atoms. The van der Waals surface area contributed by atoms with Crippen LogP contribution in [0.4, 0.5) is 0 Å². The molecule has 1 aromatic heterocycles. The van der Waals surface area contributed by atoms with Gasteiger partial charge in [-0.05, 0) is 35.9 Å². The van der Waals surface area contributed by atoms with Gasteiger partial charge in [0, 0.05) is 21.0 Å². The average molecular weight is 381 g/mol. The summed E-state index contributed by atoms with van der Waals surface area (Å²) < 4.78 is 0.930. The maximum atomic E-state index is 11.7. The third-order valence-corrected chi connectivity index (χ3v) is 4.12. The molecule has 2 aromatic carbocycles. The zero-order valence-corrected chi connectivity index (χ0v) is 13.7. The Hall–Kier alpha value is -1.42. The van der Waals surface area contributed by atoms with E-state index in [4.69, 9.17) is 23.2 Å². The first kappa shape index (κ1) is 14.5. The van der Waals surface area contributed by atoms with Crippen molar-refractivity contribution >= 4 is 55.3 Å². The van der Waals surface area contributed by atoms with Crippen LogP contribution in [0.2, 0.25) is 5.02 Å². The number of hydrogen-bond acceptors (Lipinski definition) is 2. The van der Waals surface area contributed by atoms with E-state index in [1.54, 1.807) is 24.3 Å². The Bertz CT molecular complexity index is 864. The molecule has 0 unspecified atom stereocenters. The number of para-hydroxylation sites is 1. The molecule has 3 aromatic rings. The van der Waals surface area contributed by atoms with Gasteiger partial charge in [0.25, 0.3) is 5.24 Å². The zero-order chi connectivity index (χ0) is 15.0. The summed E-state index contributed by atoms with van der Waals surface area (Å²) in [4.78, 5) is 16.3. The smallest absolute Gasteiger partial charge is 0.253 e. The topological polar surface area (TPSA) is 30.0 Å². The molecule has 104 valence electrons. The number of nitrogens with zero attached hydrogens (tertiary/aromatic N) is 1. The van der Waals surface area contributed by atoms with Gasteiger partial charge >= 0.3 is 0 Å². The fourth-order valence-electron chi connectivity index (χ4n) is 2.17. The summed E-state index contributed by atoms with van der Waals surface area (Å²) >= 11 is 15.3. The van der Waals surface area contributed by atoms with Crippen molar-refractivity contribution in [2.75, 3.05) is 0 Å². The van der Waals surface area contributed by atoms with Crippen LogP contribution in [0.5, 0.6) is 0 Å². The highest BCUT2D eigenvalue weighted by Gasteiger charge is 2.14. The van der Waals surface area contributed by atoms with Gasteiger partial charge in [-0.25, -0.2) is 4.98 Å². The SMILES string of the molecule is O=C(Cl)c1cc(-c2cccc(Br)c2)nc2c(Cl)cccc12. The Morgan fingerprint density at radius 2 is 1.86 bits per heavy atom. The van der Waals surface area contributed by atoms with Gasteiger partial charge in [-0.1, -0.05) is 51.8 Å². The minimum atomic E-state index is -0.527. The predicted molar refractivity (Wildman–Crippen MR) is 90.1 cm³/mol. The average Bonchev–Trinajstić information content (AvgIpc) is 2.46. The highest BCUT2D eigenvalue weighted by molar-refractivity contribution is 9.10. The number of carbonyl (C=O) groups excluding carboxylic acids is 1. The largest absolute Gasteiger partial charge is 0.276 e. The van der Waals surface area contributed by atoms with Gasteiger partial charge in [0.2, 0.25) is 0 Å². The van der Waals surface area contributed by atoms with Crippen molar-refractivity contribution < 1.29 is 4.79 Å². The number of hydrogen-bond donors (Lipinski definition) is 0. The minimum absolute atomic E-state index is 0.402. The van der Waals surface area contributed by atoms with E-state index in [-0.39, 0.29) is 0 Å². The third kappa shape index (κ3) is 2.82. The second kappa shape index (κ2) is 5.76. The van der Waals surface area contributed by atoms with E-state index >= 15 is 0 Å². The third-order valence-electron chi connectivity index (χ3n) is 3.12.